The van der Waals surface area contributed by atoms with Crippen LogP contribution in [0.1, 0.15) is 282 Å². The highest BCUT2D eigenvalue weighted by atomic mass is 32.2. The first kappa shape index (κ1) is 93.4. The van der Waals surface area contributed by atoms with Gasteiger partial charge in [0.2, 0.25) is 35.4 Å². The molecule has 2 aromatic carbocycles. The summed E-state index contributed by atoms with van der Waals surface area (Å²) in [6.07, 6.45) is 35.5. The minimum atomic E-state index is -1.40. The number of aromatic nitrogens is 3. The SMILES string of the molecule is CCCCCCCCCCCCCCCC(=O)OC[C@H](CSC[C@H](NC(=O)CCCC(=O)NCCCOCCOCCOCCCNC(=O)CCCC(=O)NCc1ccc(Cn2c(CCCC)nc3c(N)nc4ccccc4c32)cc1)C(=O)N[C@H](CO)C(N)=O)OC(=O)CCCCCCCCCCCCCCC. The normalized spacial score (nSPS) is 12.2. The molecule has 24 nitrogen and oxygen atoms in total. The number of fused-ring (bicyclic) bond motifs is 3. The van der Waals surface area contributed by atoms with Crippen LogP contribution in [-0.4, -0.2) is 163 Å². The van der Waals surface area contributed by atoms with Crippen LogP contribution in [0.25, 0.3) is 21.9 Å². The Morgan fingerprint density at radius 1 is 0.491 bits per heavy atom. The fourth-order valence-electron chi connectivity index (χ4n) is 12.6. The third-order valence-electron chi connectivity index (χ3n) is 19.0. The minimum absolute atomic E-state index is 0.0299. The molecule has 0 saturated heterocycles. The predicted octanol–water partition coefficient (Wildman–Crippen LogP) is 13.2. The van der Waals surface area contributed by atoms with Gasteiger partial charge in [-0.05, 0) is 62.1 Å². The molecule has 0 bridgehead atoms. The van der Waals surface area contributed by atoms with E-state index in [1.807, 2.05) is 30.3 Å². The smallest absolute Gasteiger partial charge is 0.306 e. The number of aliphatic hydroxyl groups is 1. The first-order valence-electron chi connectivity index (χ1n) is 41.2. The Balaban J connectivity index is 1.04. The monoisotopic (exact) mass is 1530 g/mol. The van der Waals surface area contributed by atoms with E-state index in [1.165, 1.54) is 127 Å². The van der Waals surface area contributed by atoms with Crippen molar-refractivity contribution in [2.24, 2.45) is 5.73 Å². The van der Waals surface area contributed by atoms with E-state index in [4.69, 9.17) is 40.1 Å². The maximum absolute atomic E-state index is 13.5. The minimum Gasteiger partial charge on any atom is -0.462 e. The number of esters is 2. The molecular formula is C83H136N10O14S. The zero-order valence-corrected chi connectivity index (χ0v) is 66.8. The lowest BCUT2D eigenvalue weighted by molar-refractivity contribution is -0.157. The number of ether oxygens (including phenoxy) is 5. The number of nitrogen functional groups attached to an aromatic ring is 1. The van der Waals surface area contributed by atoms with Crippen molar-refractivity contribution in [3.63, 3.8) is 0 Å². The van der Waals surface area contributed by atoms with E-state index in [2.05, 4.69) is 75.1 Å². The van der Waals surface area contributed by atoms with Crippen molar-refractivity contribution in [1.82, 2.24) is 41.1 Å². The predicted molar refractivity (Wildman–Crippen MR) is 430 cm³/mol. The van der Waals surface area contributed by atoms with Crippen LogP contribution in [-0.2, 0) is 81.6 Å². The standard InChI is InChI=1S/C83H136N10O14S/c1-4-7-10-12-14-16-18-20-22-24-26-28-30-45-77(99)106-62-67(107-78(100)46-31-29-27-25-23-21-19-17-15-13-11-8-5-2)63-108-64-71(83(102)91-70(61-94)82(85)101)89-76(98)44-35-42-74(96)87-52-37-54-104-56-58-105-57-55-103-53-36-51-86-73(95)41-34-43-75(97)88-59-65-47-49-66(50-48-65)60-93-72(40-9-6-3)92-79-80(93)68-38-32-33-39-69(68)90-81(79)84/h32-33,38-39,47-50,67,70-71,94H,4-31,34-37,40-46,51-64H2,1-3H3,(H2,84,90)(H2,85,101)(H,86,95)(H,87,96)(H,88,97)(H,89,98)(H,91,102)/t67-,70-,71+/m1/s1. The molecule has 3 atom stereocenters. The summed E-state index contributed by atoms with van der Waals surface area (Å²) in [4.78, 5) is 112. The number of benzene rings is 2. The van der Waals surface area contributed by atoms with Crippen LogP contribution in [0.3, 0.4) is 0 Å². The van der Waals surface area contributed by atoms with Crippen LogP contribution in [0.5, 0.6) is 0 Å². The Bertz CT molecular complexity index is 3140. The summed E-state index contributed by atoms with van der Waals surface area (Å²) in [5.74, 6) is -2.00. The molecule has 4 rings (SSSR count). The van der Waals surface area contributed by atoms with Crippen molar-refractivity contribution < 1.29 is 67.1 Å². The summed E-state index contributed by atoms with van der Waals surface area (Å²) in [5, 5.41) is 24.5. The number of thioether (sulfide) groups is 1. The van der Waals surface area contributed by atoms with E-state index in [0.29, 0.717) is 104 Å². The van der Waals surface area contributed by atoms with Crippen LogP contribution < -0.4 is 38.1 Å². The van der Waals surface area contributed by atoms with Gasteiger partial charge in [0.15, 0.2) is 5.82 Å². The topological polar surface area (TPSA) is 346 Å². The Labute approximate surface area is 648 Å². The molecule has 2 heterocycles. The van der Waals surface area contributed by atoms with Crippen LogP contribution in [0.4, 0.5) is 5.82 Å². The summed E-state index contributed by atoms with van der Waals surface area (Å²) >= 11 is 1.19. The van der Waals surface area contributed by atoms with Gasteiger partial charge < -0.3 is 71.4 Å². The number of carbonyl (C=O) groups is 8. The second kappa shape index (κ2) is 60.8. The molecular weight excluding hydrogens is 1390 g/mol. The van der Waals surface area contributed by atoms with E-state index in [0.717, 1.165) is 96.7 Å². The van der Waals surface area contributed by atoms with Crippen molar-refractivity contribution in [2.45, 2.75) is 302 Å². The highest BCUT2D eigenvalue weighted by Crippen LogP contribution is 2.30. The van der Waals surface area contributed by atoms with Gasteiger partial charge in [-0.2, -0.15) is 11.8 Å². The number of carbonyl (C=O) groups excluding carboxylic acids is 8. The molecule has 608 valence electrons. The first-order chi connectivity index (χ1) is 52.6. The molecule has 0 unspecified atom stereocenters. The molecule has 25 heteroatoms. The largest absolute Gasteiger partial charge is 0.462 e. The highest BCUT2D eigenvalue weighted by molar-refractivity contribution is 7.99. The first-order valence-corrected chi connectivity index (χ1v) is 42.4. The molecule has 0 aliphatic heterocycles. The Hall–Kier alpha value is -6.93. The van der Waals surface area contributed by atoms with Gasteiger partial charge >= 0.3 is 11.9 Å². The molecule has 0 aliphatic carbocycles. The lowest BCUT2D eigenvalue weighted by atomic mass is 10.0. The summed E-state index contributed by atoms with van der Waals surface area (Å²) < 4.78 is 30.7. The second-order valence-corrected chi connectivity index (χ2v) is 29.6. The number of amides is 6. The molecule has 108 heavy (non-hydrogen) atoms. The van der Waals surface area contributed by atoms with Crippen molar-refractivity contribution >= 4 is 86.9 Å². The van der Waals surface area contributed by atoms with Gasteiger partial charge in [0.25, 0.3) is 0 Å². The summed E-state index contributed by atoms with van der Waals surface area (Å²) in [7, 11) is 0. The summed E-state index contributed by atoms with van der Waals surface area (Å²) in [6, 6.07) is 13.6. The average molecular weight is 1530 g/mol. The fourth-order valence-corrected chi connectivity index (χ4v) is 13.6. The molecule has 6 amide bonds. The number of imidazole rings is 1. The molecule has 0 radical (unpaired) electrons. The number of unbranched alkanes of at least 4 members (excludes halogenated alkanes) is 25. The Morgan fingerprint density at radius 2 is 0.963 bits per heavy atom. The molecule has 10 N–H and O–H groups in total. The summed E-state index contributed by atoms with van der Waals surface area (Å²) in [6.45, 7) is 9.85. The number of anilines is 1. The Morgan fingerprint density at radius 3 is 1.48 bits per heavy atom. The van der Waals surface area contributed by atoms with Gasteiger partial charge in [-0.3, -0.25) is 38.4 Å². The number of hydrogen-bond donors (Lipinski definition) is 8. The van der Waals surface area contributed by atoms with E-state index in [9.17, 15) is 43.5 Å². The van der Waals surface area contributed by atoms with Crippen LogP contribution >= 0.6 is 11.8 Å². The van der Waals surface area contributed by atoms with Crippen molar-refractivity contribution in [2.75, 3.05) is 83.2 Å². The molecule has 0 saturated carbocycles. The van der Waals surface area contributed by atoms with Gasteiger partial charge in [0.05, 0.1) is 44.1 Å². The molecule has 0 spiro atoms. The maximum Gasteiger partial charge on any atom is 0.306 e. The number of pyridine rings is 1. The number of rotatable bonds is 69. The third kappa shape index (κ3) is 43.5. The zero-order valence-electron chi connectivity index (χ0n) is 66.0. The lowest BCUT2D eigenvalue weighted by Crippen LogP contribution is -2.55. The van der Waals surface area contributed by atoms with Gasteiger partial charge in [-0.25, -0.2) is 9.97 Å². The molecule has 0 fully saturated rings. The number of nitrogens with zero attached hydrogens (tertiary/aromatic N) is 3. The third-order valence-corrected chi connectivity index (χ3v) is 20.2. The van der Waals surface area contributed by atoms with Crippen molar-refractivity contribution in [3.8, 4) is 0 Å². The lowest BCUT2D eigenvalue weighted by Gasteiger charge is -2.22. The van der Waals surface area contributed by atoms with E-state index in [-0.39, 0.29) is 86.7 Å². The number of primary amides is 1. The number of nitrogens with one attached hydrogen (secondary N) is 5. The number of aryl methyl sites for hydroxylation is 1. The number of aliphatic hydroxyl groups excluding tert-OH is 1. The van der Waals surface area contributed by atoms with Gasteiger partial charge in [-0.15, -0.1) is 0 Å². The van der Waals surface area contributed by atoms with Crippen LogP contribution in [0.15, 0.2) is 48.5 Å². The molecule has 2 aromatic heterocycles. The van der Waals surface area contributed by atoms with Crippen molar-refractivity contribution in [3.05, 3.63) is 65.5 Å². The van der Waals surface area contributed by atoms with Gasteiger partial charge in [0, 0.05) is 101 Å². The van der Waals surface area contributed by atoms with Crippen molar-refractivity contribution in [1.29, 1.82) is 0 Å². The van der Waals surface area contributed by atoms with Gasteiger partial charge in [0.1, 0.15) is 36.1 Å². The van der Waals surface area contributed by atoms with E-state index in [1.54, 1.807) is 0 Å². The average Bonchev–Trinajstić information content (AvgIpc) is 1.57. The quantitative estimate of drug-likeness (QED) is 0.0150. The fraction of sp³-hybridized carbons (Fsp3) is 0.711. The van der Waals surface area contributed by atoms with Crippen LogP contribution in [0.2, 0.25) is 0 Å². The number of hydrogen-bond acceptors (Lipinski definition) is 18. The number of para-hydroxylation sites is 1. The molecule has 4 aromatic rings. The summed E-state index contributed by atoms with van der Waals surface area (Å²) in [5.41, 5.74) is 16.4. The molecule has 0 aliphatic rings. The second-order valence-electron chi connectivity index (χ2n) is 28.6. The number of nitrogens with two attached hydrogens (primary N) is 2. The maximum atomic E-state index is 13.5. The van der Waals surface area contributed by atoms with E-state index < -0.39 is 48.5 Å². The Kier molecular flexibility index (Phi) is 52.6. The highest BCUT2D eigenvalue weighted by Gasteiger charge is 2.27. The van der Waals surface area contributed by atoms with Gasteiger partial charge in [-0.1, -0.05) is 224 Å². The van der Waals surface area contributed by atoms with E-state index >= 15 is 0 Å². The zero-order chi connectivity index (χ0) is 77.9. The van der Waals surface area contributed by atoms with Crippen LogP contribution in [0, 0.1) is 0 Å².